The molecule has 11 aromatic rings. The molecule has 0 radical (unpaired) electrons. The van der Waals surface area contributed by atoms with E-state index in [1.54, 1.807) is 0 Å². The summed E-state index contributed by atoms with van der Waals surface area (Å²) >= 11 is 0. The number of hydrogen-bond acceptors (Lipinski definition) is 0. The molecule has 11 aromatic carbocycles. The molecule has 1 spiro atoms. The van der Waals surface area contributed by atoms with Crippen molar-refractivity contribution in [2.75, 3.05) is 0 Å². The van der Waals surface area contributed by atoms with E-state index in [1.807, 2.05) is 0 Å². The molecule has 0 fully saturated rings. The Bertz CT molecular complexity index is 3450. The zero-order valence-electron chi connectivity index (χ0n) is 32.3. The molecule has 0 saturated heterocycles. The van der Waals surface area contributed by atoms with Crippen LogP contribution in [0.1, 0.15) is 22.3 Å². The summed E-state index contributed by atoms with van der Waals surface area (Å²) in [7, 11) is 0. The predicted molar refractivity (Wildman–Crippen MR) is 249 cm³/mol. The van der Waals surface area contributed by atoms with Crippen LogP contribution in [0.4, 0.5) is 0 Å². The first-order valence-corrected chi connectivity index (χ1v) is 20.7. The highest BCUT2D eigenvalue weighted by Gasteiger charge is 2.52. The van der Waals surface area contributed by atoms with Crippen LogP contribution in [-0.2, 0) is 5.41 Å². The van der Waals surface area contributed by atoms with Gasteiger partial charge in [0.15, 0.2) is 0 Å². The van der Waals surface area contributed by atoms with Crippen LogP contribution in [0, 0.1) is 0 Å². The van der Waals surface area contributed by atoms with E-state index in [0.29, 0.717) is 0 Å². The second kappa shape index (κ2) is 12.2. The Hall–Kier alpha value is -7.54. The molecule has 272 valence electrons. The predicted octanol–water partition coefficient (Wildman–Crippen LogP) is 15.6. The topological polar surface area (TPSA) is 0 Å². The molecule has 0 atom stereocenters. The fourth-order valence-electron chi connectivity index (χ4n) is 11.1. The first-order valence-electron chi connectivity index (χ1n) is 20.7. The largest absolute Gasteiger partial charge is 0.0731 e. The second-order valence-electron chi connectivity index (χ2n) is 16.3. The molecule has 2 aliphatic rings. The third-order valence-electron chi connectivity index (χ3n) is 13.4. The molecule has 0 bridgehead atoms. The van der Waals surface area contributed by atoms with Crippen LogP contribution in [0.25, 0.3) is 98.7 Å². The van der Waals surface area contributed by atoms with Gasteiger partial charge in [0.1, 0.15) is 0 Å². The van der Waals surface area contributed by atoms with E-state index in [-0.39, 0.29) is 0 Å². The van der Waals surface area contributed by atoms with Crippen molar-refractivity contribution in [3.05, 3.63) is 241 Å². The van der Waals surface area contributed by atoms with Crippen LogP contribution in [0.3, 0.4) is 0 Å². The van der Waals surface area contributed by atoms with Gasteiger partial charge in [-0.3, -0.25) is 0 Å². The Labute approximate surface area is 343 Å². The normalized spacial score (nSPS) is 13.2. The van der Waals surface area contributed by atoms with Crippen molar-refractivity contribution >= 4 is 43.1 Å². The maximum Gasteiger partial charge on any atom is 0.0731 e. The summed E-state index contributed by atoms with van der Waals surface area (Å²) in [4.78, 5) is 0. The standard InChI is InChI=1S/C59H36/c1-2-15-37(16-3-1)39-18-14-19-41(35-39)55-47-23-6-8-25-49(47)56(50-26-9-7-24-48(50)55)42-30-32-44-40(36-42)29-33-51-57-43-20-5-4-17-38(43)31-34-54(57)59(58(44)51)52-27-12-10-21-45(52)46-22-11-13-28-53(46)59/h1-36H. The Kier molecular flexibility index (Phi) is 6.74. The van der Waals surface area contributed by atoms with Gasteiger partial charge in [-0.25, -0.2) is 0 Å². The molecule has 0 heteroatoms. The second-order valence-corrected chi connectivity index (χ2v) is 16.3. The molecule has 0 unspecified atom stereocenters. The van der Waals surface area contributed by atoms with Gasteiger partial charge in [0, 0.05) is 0 Å². The van der Waals surface area contributed by atoms with Crippen molar-refractivity contribution in [2.45, 2.75) is 5.41 Å². The van der Waals surface area contributed by atoms with Crippen LogP contribution in [0.2, 0.25) is 0 Å². The number of hydrogen-bond donors (Lipinski definition) is 0. The lowest BCUT2D eigenvalue weighted by Gasteiger charge is -2.31. The van der Waals surface area contributed by atoms with Gasteiger partial charge in [-0.1, -0.05) is 206 Å². The smallest absolute Gasteiger partial charge is 0.0622 e. The van der Waals surface area contributed by atoms with Crippen molar-refractivity contribution < 1.29 is 0 Å². The van der Waals surface area contributed by atoms with Gasteiger partial charge < -0.3 is 0 Å². The fraction of sp³-hybridized carbons (Fsp3) is 0.0169. The maximum absolute atomic E-state index is 2.46. The zero-order chi connectivity index (χ0) is 38.7. The third-order valence-corrected chi connectivity index (χ3v) is 13.4. The summed E-state index contributed by atoms with van der Waals surface area (Å²) < 4.78 is 0. The maximum atomic E-state index is 2.46. The van der Waals surface area contributed by atoms with E-state index >= 15 is 0 Å². The third kappa shape index (κ3) is 4.38. The Morgan fingerprint density at radius 1 is 0.237 bits per heavy atom. The minimum Gasteiger partial charge on any atom is -0.0622 e. The van der Waals surface area contributed by atoms with Crippen LogP contribution < -0.4 is 0 Å². The van der Waals surface area contributed by atoms with E-state index in [2.05, 4.69) is 218 Å². The van der Waals surface area contributed by atoms with Gasteiger partial charge in [0.2, 0.25) is 0 Å². The number of benzene rings is 11. The van der Waals surface area contributed by atoms with Gasteiger partial charge >= 0.3 is 0 Å². The van der Waals surface area contributed by atoms with E-state index in [4.69, 9.17) is 0 Å². The molecular formula is C59H36. The van der Waals surface area contributed by atoms with Gasteiger partial charge in [-0.15, -0.1) is 0 Å². The Balaban J connectivity index is 1.09. The fourth-order valence-corrected chi connectivity index (χ4v) is 11.1. The molecule has 0 saturated carbocycles. The highest BCUT2D eigenvalue weighted by Crippen LogP contribution is 2.65. The highest BCUT2D eigenvalue weighted by molar-refractivity contribution is 6.22. The molecule has 0 heterocycles. The van der Waals surface area contributed by atoms with Gasteiger partial charge in [0.25, 0.3) is 0 Å². The van der Waals surface area contributed by atoms with Gasteiger partial charge in [0.05, 0.1) is 5.41 Å². The summed E-state index contributed by atoms with van der Waals surface area (Å²) in [6.45, 7) is 0. The Morgan fingerprint density at radius 3 is 1.44 bits per heavy atom. The van der Waals surface area contributed by atoms with E-state index in [9.17, 15) is 0 Å². The Morgan fingerprint density at radius 2 is 0.763 bits per heavy atom. The molecule has 0 amide bonds. The summed E-state index contributed by atoms with van der Waals surface area (Å²) in [5.74, 6) is 0. The summed E-state index contributed by atoms with van der Waals surface area (Å²) in [6.07, 6.45) is 0. The van der Waals surface area contributed by atoms with Crippen LogP contribution >= 0.6 is 0 Å². The minimum absolute atomic E-state index is 0.432. The van der Waals surface area contributed by atoms with Crippen molar-refractivity contribution in [3.8, 4) is 55.6 Å². The summed E-state index contributed by atoms with van der Waals surface area (Å²) in [5, 5.41) is 10.2. The van der Waals surface area contributed by atoms with E-state index in [0.717, 1.165) is 0 Å². The number of rotatable bonds is 3. The first kappa shape index (κ1) is 32.5. The summed E-state index contributed by atoms with van der Waals surface area (Å²) in [5.41, 5.74) is 17.9. The molecule has 13 rings (SSSR count). The molecule has 0 aromatic heterocycles. The zero-order valence-corrected chi connectivity index (χ0v) is 32.3. The lowest BCUT2D eigenvalue weighted by atomic mass is 9.69. The summed E-state index contributed by atoms with van der Waals surface area (Å²) in [6, 6.07) is 81.8. The number of fused-ring (bicyclic) bond motifs is 16. The van der Waals surface area contributed by atoms with Crippen molar-refractivity contribution in [1.29, 1.82) is 0 Å². The van der Waals surface area contributed by atoms with Gasteiger partial charge in [-0.05, 0) is 133 Å². The van der Waals surface area contributed by atoms with Crippen LogP contribution in [-0.4, -0.2) is 0 Å². The molecule has 0 nitrogen and oxygen atoms in total. The average molecular weight is 745 g/mol. The molecule has 0 N–H and O–H groups in total. The highest BCUT2D eigenvalue weighted by atomic mass is 14.5. The monoisotopic (exact) mass is 744 g/mol. The van der Waals surface area contributed by atoms with Crippen LogP contribution in [0.15, 0.2) is 218 Å². The van der Waals surface area contributed by atoms with Crippen molar-refractivity contribution in [3.63, 3.8) is 0 Å². The molecule has 2 aliphatic carbocycles. The molecular weight excluding hydrogens is 709 g/mol. The van der Waals surface area contributed by atoms with Gasteiger partial charge in [-0.2, -0.15) is 0 Å². The molecule has 59 heavy (non-hydrogen) atoms. The van der Waals surface area contributed by atoms with E-state index < -0.39 is 5.41 Å². The minimum atomic E-state index is -0.432. The van der Waals surface area contributed by atoms with Crippen molar-refractivity contribution in [2.24, 2.45) is 0 Å². The van der Waals surface area contributed by atoms with Crippen molar-refractivity contribution in [1.82, 2.24) is 0 Å². The lowest BCUT2D eigenvalue weighted by Crippen LogP contribution is -2.26. The quantitative estimate of drug-likeness (QED) is 0.158. The SMILES string of the molecule is c1ccc(-c2cccc(-c3c4ccccc4c(-c4ccc5c6c(ccc5c4)-c4c(ccc5ccccc45)C64c5ccccc5-c5ccccc54)c4ccccc34)c2)cc1. The van der Waals surface area contributed by atoms with Crippen LogP contribution in [0.5, 0.6) is 0 Å². The van der Waals surface area contributed by atoms with E-state index in [1.165, 1.54) is 121 Å². The first-order chi connectivity index (χ1) is 29.3. The average Bonchev–Trinajstić information content (AvgIpc) is 3.78. The lowest BCUT2D eigenvalue weighted by molar-refractivity contribution is 0.802. The molecule has 0 aliphatic heterocycles.